The molecule has 0 bridgehead atoms. The van der Waals surface area contributed by atoms with Gasteiger partial charge in [0.1, 0.15) is 0 Å². The van der Waals surface area contributed by atoms with E-state index in [9.17, 15) is 4.79 Å². The Morgan fingerprint density at radius 2 is 1.77 bits per heavy atom. The maximum absolute atomic E-state index is 12.8. The van der Waals surface area contributed by atoms with Crippen LogP contribution in [0.4, 0.5) is 10.6 Å². The van der Waals surface area contributed by atoms with E-state index in [1.165, 1.54) is 6.42 Å². The molecule has 4 rings (SSSR count). The van der Waals surface area contributed by atoms with Crippen LogP contribution >= 0.6 is 39.1 Å². The van der Waals surface area contributed by atoms with Crippen LogP contribution in [0.2, 0.25) is 10.0 Å². The van der Waals surface area contributed by atoms with Crippen LogP contribution < -0.4 is 5.32 Å². The first-order chi connectivity index (χ1) is 14.4. The van der Waals surface area contributed by atoms with Gasteiger partial charge in [-0.1, -0.05) is 51.3 Å². The molecule has 0 unspecified atom stereocenters. The van der Waals surface area contributed by atoms with E-state index < -0.39 is 0 Å². The fourth-order valence-electron chi connectivity index (χ4n) is 3.67. The molecule has 1 aliphatic heterocycles. The van der Waals surface area contributed by atoms with Crippen molar-refractivity contribution in [1.29, 1.82) is 0 Å². The number of halogens is 3. The molecule has 5 nitrogen and oxygen atoms in total. The predicted octanol–water partition coefficient (Wildman–Crippen LogP) is 6.93. The lowest BCUT2D eigenvalue weighted by atomic mass is 10.1. The SMILES string of the molecule is Cc1c(NC(=O)N2CCCCC2)nn(-c2ccc(Cl)cc2Cl)c1-c1ccc(Br)cc1. The number of hydrogen-bond acceptors (Lipinski definition) is 2. The number of anilines is 1. The molecule has 2 heterocycles. The average molecular weight is 508 g/mol. The predicted molar refractivity (Wildman–Crippen MR) is 126 cm³/mol. The highest BCUT2D eigenvalue weighted by atomic mass is 79.9. The standard InChI is InChI=1S/C22H21BrCl2N4O/c1-14-20(15-5-7-16(23)8-6-15)29(19-10-9-17(24)13-18(19)25)27-21(14)26-22(30)28-11-3-2-4-12-28/h5-10,13H,2-4,11-12H2,1H3,(H,26,27,30). The Morgan fingerprint density at radius 1 is 1.07 bits per heavy atom. The molecule has 1 saturated heterocycles. The minimum absolute atomic E-state index is 0.119. The molecule has 1 fully saturated rings. The topological polar surface area (TPSA) is 50.2 Å². The van der Waals surface area contributed by atoms with Gasteiger partial charge in [-0.25, -0.2) is 9.48 Å². The number of piperidine rings is 1. The Balaban J connectivity index is 1.78. The molecular formula is C22H21BrCl2N4O. The molecule has 1 aliphatic rings. The van der Waals surface area contributed by atoms with Crippen LogP contribution in [0.15, 0.2) is 46.9 Å². The number of urea groups is 1. The highest BCUT2D eigenvalue weighted by Crippen LogP contribution is 2.35. The largest absolute Gasteiger partial charge is 0.324 e. The van der Waals surface area contributed by atoms with Crippen LogP contribution in [0.1, 0.15) is 24.8 Å². The van der Waals surface area contributed by atoms with E-state index in [4.69, 9.17) is 28.3 Å². The third kappa shape index (κ3) is 4.36. The van der Waals surface area contributed by atoms with E-state index in [-0.39, 0.29) is 6.03 Å². The van der Waals surface area contributed by atoms with Crippen molar-refractivity contribution in [2.24, 2.45) is 0 Å². The van der Waals surface area contributed by atoms with Gasteiger partial charge in [0.15, 0.2) is 5.82 Å². The van der Waals surface area contributed by atoms with Crippen LogP contribution in [0.5, 0.6) is 0 Å². The first-order valence-corrected chi connectivity index (χ1v) is 11.4. The lowest BCUT2D eigenvalue weighted by Crippen LogP contribution is -2.38. The number of carbonyl (C=O) groups excluding carboxylic acids is 1. The Hall–Kier alpha value is -2.02. The highest BCUT2D eigenvalue weighted by Gasteiger charge is 2.23. The number of hydrogen-bond donors (Lipinski definition) is 1. The molecule has 156 valence electrons. The number of rotatable bonds is 3. The van der Waals surface area contributed by atoms with Gasteiger partial charge in [0.25, 0.3) is 0 Å². The van der Waals surface area contributed by atoms with Gasteiger partial charge in [0.2, 0.25) is 0 Å². The van der Waals surface area contributed by atoms with E-state index >= 15 is 0 Å². The smallest absolute Gasteiger partial charge is 0.323 e. The third-order valence-corrected chi connectivity index (χ3v) is 6.31. The minimum atomic E-state index is -0.119. The Morgan fingerprint density at radius 3 is 2.43 bits per heavy atom. The molecule has 0 atom stereocenters. The van der Waals surface area contributed by atoms with Gasteiger partial charge in [-0.2, -0.15) is 0 Å². The molecule has 2 amide bonds. The molecule has 30 heavy (non-hydrogen) atoms. The van der Waals surface area contributed by atoms with Crippen molar-refractivity contribution in [2.75, 3.05) is 18.4 Å². The highest BCUT2D eigenvalue weighted by molar-refractivity contribution is 9.10. The molecule has 0 spiro atoms. The first-order valence-electron chi connectivity index (χ1n) is 9.81. The number of likely N-dealkylation sites (tertiary alicyclic amines) is 1. The van der Waals surface area contributed by atoms with Crippen molar-refractivity contribution in [3.63, 3.8) is 0 Å². The molecule has 3 aromatic rings. The summed E-state index contributed by atoms with van der Waals surface area (Å²) in [6, 6.07) is 13.1. The second-order valence-electron chi connectivity index (χ2n) is 7.31. The monoisotopic (exact) mass is 506 g/mol. The second kappa shape index (κ2) is 9.00. The van der Waals surface area contributed by atoms with Gasteiger partial charge in [-0.3, -0.25) is 5.32 Å². The van der Waals surface area contributed by atoms with Gasteiger partial charge in [0.05, 0.1) is 16.4 Å². The summed E-state index contributed by atoms with van der Waals surface area (Å²) in [5, 5.41) is 8.76. The fourth-order valence-corrected chi connectivity index (χ4v) is 4.42. The van der Waals surface area contributed by atoms with Gasteiger partial charge >= 0.3 is 6.03 Å². The van der Waals surface area contributed by atoms with Crippen molar-refractivity contribution in [3.05, 3.63) is 62.5 Å². The summed E-state index contributed by atoms with van der Waals surface area (Å²) in [6.45, 7) is 3.50. The van der Waals surface area contributed by atoms with Crippen molar-refractivity contribution in [1.82, 2.24) is 14.7 Å². The summed E-state index contributed by atoms with van der Waals surface area (Å²) in [7, 11) is 0. The van der Waals surface area contributed by atoms with Gasteiger partial charge in [0, 0.05) is 33.7 Å². The van der Waals surface area contributed by atoms with E-state index in [1.807, 2.05) is 42.2 Å². The maximum Gasteiger partial charge on any atom is 0.323 e. The van der Waals surface area contributed by atoms with Crippen LogP contribution in [0.3, 0.4) is 0 Å². The number of nitrogens with zero attached hydrogens (tertiary/aromatic N) is 3. The number of aromatic nitrogens is 2. The van der Waals surface area contributed by atoms with Crippen molar-refractivity contribution >= 4 is 51.0 Å². The number of carbonyl (C=O) groups is 1. The summed E-state index contributed by atoms with van der Waals surface area (Å²) >= 11 is 16.1. The Labute approximate surface area is 194 Å². The lowest BCUT2D eigenvalue weighted by Gasteiger charge is -2.26. The lowest BCUT2D eigenvalue weighted by molar-refractivity contribution is 0.200. The fraction of sp³-hybridized carbons (Fsp3) is 0.273. The second-order valence-corrected chi connectivity index (χ2v) is 9.07. The van der Waals surface area contributed by atoms with E-state index in [0.29, 0.717) is 21.6 Å². The quantitative estimate of drug-likeness (QED) is 0.417. The minimum Gasteiger partial charge on any atom is -0.324 e. The molecule has 1 N–H and O–H groups in total. The molecule has 0 aliphatic carbocycles. The molecule has 2 aromatic carbocycles. The average Bonchev–Trinajstić information content (AvgIpc) is 3.05. The summed E-state index contributed by atoms with van der Waals surface area (Å²) < 4.78 is 2.75. The molecule has 8 heteroatoms. The summed E-state index contributed by atoms with van der Waals surface area (Å²) in [4.78, 5) is 14.6. The molecule has 1 aromatic heterocycles. The van der Waals surface area contributed by atoms with E-state index in [2.05, 4.69) is 21.2 Å². The normalized spacial score (nSPS) is 14.1. The molecule has 0 radical (unpaired) electrons. The summed E-state index contributed by atoms with van der Waals surface area (Å²) in [5.41, 5.74) is 3.39. The zero-order valence-corrected chi connectivity index (χ0v) is 19.6. The van der Waals surface area contributed by atoms with Crippen molar-refractivity contribution in [2.45, 2.75) is 26.2 Å². The summed E-state index contributed by atoms with van der Waals surface area (Å²) in [5.74, 6) is 0.523. The molecular weight excluding hydrogens is 487 g/mol. The maximum atomic E-state index is 12.8. The zero-order chi connectivity index (χ0) is 21.3. The van der Waals surface area contributed by atoms with Gasteiger partial charge in [-0.05, 0) is 56.5 Å². The van der Waals surface area contributed by atoms with Crippen LogP contribution in [0.25, 0.3) is 16.9 Å². The first kappa shape index (κ1) is 21.2. The van der Waals surface area contributed by atoms with E-state index in [0.717, 1.165) is 47.2 Å². The zero-order valence-electron chi connectivity index (χ0n) is 16.5. The Bertz CT molecular complexity index is 1080. The van der Waals surface area contributed by atoms with Gasteiger partial charge < -0.3 is 4.90 Å². The summed E-state index contributed by atoms with van der Waals surface area (Å²) in [6.07, 6.45) is 3.23. The van der Waals surface area contributed by atoms with E-state index in [1.54, 1.807) is 16.8 Å². The van der Waals surface area contributed by atoms with Crippen LogP contribution in [-0.2, 0) is 0 Å². The number of amides is 2. The van der Waals surface area contributed by atoms with Gasteiger partial charge in [-0.15, -0.1) is 5.10 Å². The van der Waals surface area contributed by atoms with Crippen LogP contribution in [0, 0.1) is 6.92 Å². The number of benzene rings is 2. The van der Waals surface area contributed by atoms with Crippen molar-refractivity contribution < 1.29 is 4.79 Å². The molecule has 0 saturated carbocycles. The Kier molecular flexibility index (Phi) is 6.37. The number of nitrogens with one attached hydrogen (secondary N) is 1. The van der Waals surface area contributed by atoms with Crippen LogP contribution in [-0.4, -0.2) is 33.8 Å². The third-order valence-electron chi connectivity index (χ3n) is 5.25. The van der Waals surface area contributed by atoms with Crippen molar-refractivity contribution in [3.8, 4) is 16.9 Å².